The lowest BCUT2D eigenvalue weighted by Gasteiger charge is -2.15. The summed E-state index contributed by atoms with van der Waals surface area (Å²) in [5.74, 6) is -0.327. The lowest BCUT2D eigenvalue weighted by atomic mass is 10.0. The highest BCUT2D eigenvalue weighted by molar-refractivity contribution is 9.10. The Morgan fingerprint density at radius 2 is 1.88 bits per heavy atom. The Balaban J connectivity index is 1.71. The monoisotopic (exact) mass is 514 g/mol. The van der Waals surface area contributed by atoms with Crippen molar-refractivity contribution in [2.75, 3.05) is 12.4 Å². The van der Waals surface area contributed by atoms with E-state index in [1.807, 2.05) is 6.07 Å². The molecule has 4 rings (SSSR count). The molecule has 0 spiro atoms. The number of benzene rings is 3. The van der Waals surface area contributed by atoms with Crippen molar-refractivity contribution in [1.82, 2.24) is 0 Å². The molecule has 33 heavy (non-hydrogen) atoms. The minimum Gasteiger partial charge on any atom is -0.496 e. The number of nitriles is 1. The van der Waals surface area contributed by atoms with Crippen molar-refractivity contribution in [1.29, 1.82) is 5.26 Å². The number of hydrogen-bond donors (Lipinski definition) is 1. The molecule has 0 atom stereocenters. The Bertz CT molecular complexity index is 1340. The highest BCUT2D eigenvalue weighted by Crippen LogP contribution is 2.41. The van der Waals surface area contributed by atoms with Gasteiger partial charge < -0.3 is 14.8 Å². The summed E-state index contributed by atoms with van der Waals surface area (Å²) in [4.78, 5) is 12.5. The molecule has 1 heterocycles. The number of nitrogens with zero attached hydrogens (tertiary/aromatic N) is 1. The molecule has 1 amide bonds. The molecule has 0 aromatic heterocycles. The molecule has 0 aliphatic carbocycles. The fourth-order valence-electron chi connectivity index (χ4n) is 3.41. The minimum absolute atomic E-state index is 0.0988. The fraction of sp³-hybridized carbons (Fsp3) is 0.0833. The number of nitrogens with one attached hydrogen (secondary N) is 1. The van der Waals surface area contributed by atoms with Crippen LogP contribution in [0.4, 0.5) is 18.9 Å². The number of halogens is 4. The van der Waals surface area contributed by atoms with E-state index in [1.54, 1.807) is 30.3 Å². The van der Waals surface area contributed by atoms with Gasteiger partial charge in [0.1, 0.15) is 17.2 Å². The van der Waals surface area contributed by atoms with E-state index in [1.165, 1.54) is 25.3 Å². The maximum Gasteiger partial charge on any atom is 0.420 e. The summed E-state index contributed by atoms with van der Waals surface area (Å²) in [6.07, 6.45) is -3.06. The standard InChI is InChI=1S/C24H14BrF3N2O3/c1-32-21-11-15(33-20-8-5-13(12-29)9-17(20)24(26,27)28)7-6-14(21)10-16-22-18(25)3-2-4-19(22)30-23(16)31/h2-11H,1H3,(H,30,31). The lowest BCUT2D eigenvalue weighted by Crippen LogP contribution is -2.07. The summed E-state index contributed by atoms with van der Waals surface area (Å²) in [6, 6.07) is 14.7. The first-order valence-corrected chi connectivity index (χ1v) is 10.3. The molecular formula is C24H14BrF3N2O3. The van der Waals surface area contributed by atoms with Crippen molar-refractivity contribution in [3.05, 3.63) is 81.3 Å². The van der Waals surface area contributed by atoms with Gasteiger partial charge in [-0.05, 0) is 48.5 Å². The van der Waals surface area contributed by atoms with Crippen LogP contribution in [0.15, 0.2) is 59.1 Å². The summed E-state index contributed by atoms with van der Waals surface area (Å²) in [5, 5.41) is 11.7. The van der Waals surface area contributed by atoms with E-state index < -0.39 is 17.5 Å². The van der Waals surface area contributed by atoms with Gasteiger partial charge in [-0.25, -0.2) is 0 Å². The summed E-state index contributed by atoms with van der Waals surface area (Å²) in [6.45, 7) is 0. The number of carbonyl (C=O) groups is 1. The number of methoxy groups -OCH3 is 1. The van der Waals surface area contributed by atoms with E-state index in [0.717, 1.165) is 16.6 Å². The highest BCUT2D eigenvalue weighted by Gasteiger charge is 2.35. The Labute approximate surface area is 195 Å². The second-order valence-electron chi connectivity index (χ2n) is 7.00. The summed E-state index contributed by atoms with van der Waals surface area (Å²) < 4.78 is 51.9. The van der Waals surface area contributed by atoms with Crippen LogP contribution in [0.2, 0.25) is 0 Å². The molecule has 166 valence electrons. The number of carbonyl (C=O) groups excluding carboxylic acids is 1. The Kier molecular flexibility index (Phi) is 5.87. The number of hydrogen-bond acceptors (Lipinski definition) is 4. The zero-order chi connectivity index (χ0) is 23.8. The first kappa shape index (κ1) is 22.4. The van der Waals surface area contributed by atoms with Gasteiger partial charge in [0.05, 0.1) is 35.6 Å². The largest absolute Gasteiger partial charge is 0.496 e. The third-order valence-electron chi connectivity index (χ3n) is 4.92. The molecule has 1 N–H and O–H groups in total. The Morgan fingerprint density at radius 3 is 2.58 bits per heavy atom. The molecule has 1 aliphatic rings. The van der Waals surface area contributed by atoms with Crippen LogP contribution in [0.1, 0.15) is 22.3 Å². The van der Waals surface area contributed by atoms with E-state index in [4.69, 9.17) is 14.7 Å². The normalized spacial score (nSPS) is 13.9. The van der Waals surface area contributed by atoms with Crippen LogP contribution in [-0.2, 0) is 11.0 Å². The predicted molar refractivity (Wildman–Crippen MR) is 120 cm³/mol. The molecule has 5 nitrogen and oxygen atoms in total. The first-order chi connectivity index (χ1) is 15.7. The van der Waals surface area contributed by atoms with E-state index in [-0.39, 0.29) is 17.2 Å². The SMILES string of the molecule is COc1cc(Oc2ccc(C#N)cc2C(F)(F)F)ccc1C=C1C(=O)Nc2cccc(Br)c21. The highest BCUT2D eigenvalue weighted by atomic mass is 79.9. The summed E-state index contributed by atoms with van der Waals surface area (Å²) in [5.41, 5.74) is 1.13. The Hall–Kier alpha value is -3.77. The van der Waals surface area contributed by atoms with Crippen LogP contribution >= 0.6 is 15.9 Å². The second kappa shape index (κ2) is 8.64. The van der Waals surface area contributed by atoms with E-state index in [9.17, 15) is 18.0 Å². The van der Waals surface area contributed by atoms with Crippen LogP contribution in [0.5, 0.6) is 17.2 Å². The minimum atomic E-state index is -4.70. The predicted octanol–water partition coefficient (Wildman–Crippen LogP) is 6.63. The van der Waals surface area contributed by atoms with Crippen LogP contribution in [0, 0.1) is 11.3 Å². The molecule has 0 saturated heterocycles. The summed E-state index contributed by atoms with van der Waals surface area (Å²) in [7, 11) is 1.41. The van der Waals surface area contributed by atoms with Crippen LogP contribution < -0.4 is 14.8 Å². The topological polar surface area (TPSA) is 71.3 Å². The zero-order valence-corrected chi connectivity index (χ0v) is 18.5. The number of amides is 1. The molecule has 1 aliphatic heterocycles. The molecule has 0 fully saturated rings. The number of ether oxygens (including phenoxy) is 2. The zero-order valence-electron chi connectivity index (χ0n) is 17.0. The molecule has 0 saturated carbocycles. The smallest absolute Gasteiger partial charge is 0.420 e. The van der Waals surface area contributed by atoms with Crippen LogP contribution in [0.3, 0.4) is 0 Å². The number of fused-ring (bicyclic) bond motifs is 1. The van der Waals surface area contributed by atoms with Crippen LogP contribution in [0.25, 0.3) is 11.6 Å². The van der Waals surface area contributed by atoms with Gasteiger partial charge in [0, 0.05) is 21.7 Å². The second-order valence-corrected chi connectivity index (χ2v) is 7.86. The third-order valence-corrected chi connectivity index (χ3v) is 5.58. The molecule has 3 aromatic rings. The Morgan fingerprint density at radius 1 is 1.09 bits per heavy atom. The van der Waals surface area contributed by atoms with E-state index >= 15 is 0 Å². The maximum atomic E-state index is 13.4. The van der Waals surface area contributed by atoms with Gasteiger partial charge in [-0.3, -0.25) is 4.79 Å². The third kappa shape index (κ3) is 4.43. The quantitative estimate of drug-likeness (QED) is 0.396. The van der Waals surface area contributed by atoms with Gasteiger partial charge in [-0.15, -0.1) is 0 Å². The fourth-order valence-corrected chi connectivity index (χ4v) is 3.99. The van der Waals surface area contributed by atoms with Gasteiger partial charge >= 0.3 is 6.18 Å². The van der Waals surface area contributed by atoms with E-state index in [2.05, 4.69) is 21.2 Å². The molecular weight excluding hydrogens is 501 g/mol. The average molecular weight is 515 g/mol. The molecule has 3 aromatic carbocycles. The first-order valence-electron chi connectivity index (χ1n) is 9.50. The number of rotatable bonds is 4. The summed E-state index contributed by atoms with van der Waals surface area (Å²) >= 11 is 3.45. The number of alkyl halides is 3. The molecule has 0 bridgehead atoms. The maximum absolute atomic E-state index is 13.4. The molecule has 9 heteroatoms. The van der Waals surface area contributed by atoms with Gasteiger partial charge in [-0.2, -0.15) is 18.4 Å². The van der Waals surface area contributed by atoms with E-state index in [0.29, 0.717) is 28.1 Å². The number of anilines is 1. The van der Waals surface area contributed by atoms with Crippen molar-refractivity contribution in [2.24, 2.45) is 0 Å². The van der Waals surface area contributed by atoms with Gasteiger partial charge in [0.25, 0.3) is 5.91 Å². The van der Waals surface area contributed by atoms with Crippen molar-refractivity contribution in [3.63, 3.8) is 0 Å². The van der Waals surface area contributed by atoms with Crippen LogP contribution in [-0.4, -0.2) is 13.0 Å². The van der Waals surface area contributed by atoms with Crippen molar-refractivity contribution in [3.8, 4) is 23.3 Å². The van der Waals surface area contributed by atoms with Gasteiger partial charge in [-0.1, -0.05) is 22.0 Å². The molecule has 0 unspecified atom stereocenters. The molecule has 0 radical (unpaired) electrons. The van der Waals surface area contributed by atoms with Crippen molar-refractivity contribution in [2.45, 2.75) is 6.18 Å². The van der Waals surface area contributed by atoms with Crippen molar-refractivity contribution < 1.29 is 27.4 Å². The average Bonchev–Trinajstić information content (AvgIpc) is 3.10. The van der Waals surface area contributed by atoms with Crippen molar-refractivity contribution >= 4 is 39.2 Å². The van der Waals surface area contributed by atoms with Gasteiger partial charge in [0.2, 0.25) is 0 Å². The lowest BCUT2D eigenvalue weighted by molar-refractivity contribution is -0.138. The van der Waals surface area contributed by atoms with Gasteiger partial charge in [0.15, 0.2) is 0 Å².